The quantitative estimate of drug-likeness (QED) is 0.858. The van der Waals surface area contributed by atoms with E-state index >= 15 is 0 Å². The molecule has 0 bridgehead atoms. The number of hydrogen-bond donors (Lipinski definition) is 0. The molecule has 0 unspecified atom stereocenters. The predicted molar refractivity (Wildman–Crippen MR) is 89.2 cm³/mol. The Bertz CT molecular complexity index is 642. The molecule has 23 heavy (non-hydrogen) atoms. The summed E-state index contributed by atoms with van der Waals surface area (Å²) in [6.45, 7) is 4.65. The fourth-order valence-corrected chi connectivity index (χ4v) is 4.07. The average molecular weight is 312 g/mol. The van der Waals surface area contributed by atoms with Crippen molar-refractivity contribution in [2.75, 3.05) is 24.5 Å². The van der Waals surface area contributed by atoms with Crippen molar-refractivity contribution in [2.24, 2.45) is 11.8 Å². The summed E-state index contributed by atoms with van der Waals surface area (Å²) in [6, 6.07) is 8.29. The van der Waals surface area contributed by atoms with Crippen LogP contribution >= 0.6 is 0 Å². The number of hydrogen-bond acceptors (Lipinski definition) is 2. The van der Waals surface area contributed by atoms with Crippen LogP contribution in [0.3, 0.4) is 0 Å². The molecule has 0 radical (unpaired) electrons. The number of carbonyl (C=O) groups is 2. The first-order valence-corrected chi connectivity index (χ1v) is 8.83. The van der Waals surface area contributed by atoms with E-state index in [1.165, 1.54) is 5.56 Å². The highest BCUT2D eigenvalue weighted by molar-refractivity contribution is 5.98. The van der Waals surface area contributed by atoms with Gasteiger partial charge in [-0.1, -0.05) is 25.1 Å². The van der Waals surface area contributed by atoms with Crippen LogP contribution in [-0.2, 0) is 9.59 Å². The molecule has 1 aliphatic carbocycles. The van der Waals surface area contributed by atoms with Gasteiger partial charge in [0.25, 0.3) is 0 Å². The molecule has 2 fully saturated rings. The van der Waals surface area contributed by atoms with Crippen LogP contribution in [0.15, 0.2) is 24.3 Å². The first-order chi connectivity index (χ1) is 11.1. The SMILES string of the molecule is C[C@@H]1C[C@@H]1C(=O)N1C[C@H](CCN2CCCC2=O)c2ccccc21. The van der Waals surface area contributed by atoms with Crippen molar-refractivity contribution in [3.8, 4) is 0 Å². The molecule has 3 atom stereocenters. The van der Waals surface area contributed by atoms with Gasteiger partial charge >= 0.3 is 0 Å². The van der Waals surface area contributed by atoms with E-state index in [0.717, 1.165) is 44.6 Å². The lowest BCUT2D eigenvalue weighted by molar-refractivity contribution is -0.127. The number of anilines is 1. The highest BCUT2D eigenvalue weighted by Gasteiger charge is 2.44. The van der Waals surface area contributed by atoms with Gasteiger partial charge in [-0.15, -0.1) is 0 Å². The second-order valence-electron chi connectivity index (χ2n) is 7.30. The number of likely N-dealkylation sites (tertiary alicyclic amines) is 1. The van der Waals surface area contributed by atoms with E-state index in [0.29, 0.717) is 24.2 Å². The molecule has 1 saturated heterocycles. The largest absolute Gasteiger partial charge is 0.343 e. The van der Waals surface area contributed by atoms with Crippen molar-refractivity contribution in [2.45, 2.75) is 38.5 Å². The third-order valence-electron chi connectivity index (χ3n) is 5.68. The van der Waals surface area contributed by atoms with Crippen LogP contribution in [0.2, 0.25) is 0 Å². The lowest BCUT2D eigenvalue weighted by atomic mass is 9.98. The van der Waals surface area contributed by atoms with Crippen LogP contribution in [0, 0.1) is 11.8 Å². The number of nitrogens with zero attached hydrogens (tertiary/aromatic N) is 2. The van der Waals surface area contributed by atoms with Crippen molar-refractivity contribution in [1.82, 2.24) is 4.90 Å². The van der Waals surface area contributed by atoms with Gasteiger partial charge in [0, 0.05) is 43.6 Å². The molecule has 0 aromatic heterocycles. The number of para-hydroxylation sites is 1. The second-order valence-corrected chi connectivity index (χ2v) is 7.30. The Kier molecular flexibility index (Phi) is 3.63. The van der Waals surface area contributed by atoms with Gasteiger partial charge in [-0.25, -0.2) is 0 Å². The van der Waals surface area contributed by atoms with Crippen LogP contribution in [-0.4, -0.2) is 36.3 Å². The summed E-state index contributed by atoms with van der Waals surface area (Å²) in [5.41, 5.74) is 2.37. The lowest BCUT2D eigenvalue weighted by Crippen LogP contribution is -2.32. The average Bonchev–Trinajstić information content (AvgIpc) is 2.98. The minimum atomic E-state index is 0.224. The zero-order valence-corrected chi connectivity index (χ0v) is 13.7. The topological polar surface area (TPSA) is 40.6 Å². The molecule has 4 heteroatoms. The molecule has 4 rings (SSSR count). The second kappa shape index (κ2) is 5.66. The summed E-state index contributed by atoms with van der Waals surface area (Å²) < 4.78 is 0. The molecule has 0 N–H and O–H groups in total. The number of amides is 2. The van der Waals surface area contributed by atoms with Crippen LogP contribution in [0.1, 0.15) is 44.1 Å². The van der Waals surface area contributed by atoms with Crippen molar-refractivity contribution < 1.29 is 9.59 Å². The van der Waals surface area contributed by atoms with E-state index in [1.54, 1.807) is 0 Å². The Hall–Kier alpha value is -1.84. The lowest BCUT2D eigenvalue weighted by Gasteiger charge is -2.20. The van der Waals surface area contributed by atoms with Gasteiger partial charge < -0.3 is 9.80 Å². The van der Waals surface area contributed by atoms with Gasteiger partial charge in [0.15, 0.2) is 0 Å². The van der Waals surface area contributed by atoms with Crippen LogP contribution in [0.25, 0.3) is 0 Å². The van der Waals surface area contributed by atoms with E-state index in [1.807, 2.05) is 15.9 Å². The van der Waals surface area contributed by atoms with E-state index in [9.17, 15) is 9.59 Å². The number of rotatable bonds is 4. The van der Waals surface area contributed by atoms with E-state index in [2.05, 4.69) is 25.1 Å². The molecule has 2 amide bonds. The Balaban J connectivity index is 1.48. The standard InChI is InChI=1S/C19H24N2O2/c1-13-11-16(13)19(23)21-12-14(15-5-2-3-6-17(15)21)8-10-20-9-4-7-18(20)22/h2-3,5-6,13-14,16H,4,7-12H2,1H3/t13-,14+,16+/m1/s1. The third-order valence-corrected chi connectivity index (χ3v) is 5.68. The Morgan fingerprint density at radius 3 is 2.78 bits per heavy atom. The minimum Gasteiger partial charge on any atom is -0.343 e. The molecule has 0 spiro atoms. The first-order valence-electron chi connectivity index (χ1n) is 8.83. The van der Waals surface area contributed by atoms with Gasteiger partial charge in [0.05, 0.1) is 0 Å². The highest BCUT2D eigenvalue weighted by atomic mass is 16.2. The monoisotopic (exact) mass is 312 g/mol. The van der Waals surface area contributed by atoms with Crippen LogP contribution in [0.5, 0.6) is 0 Å². The Labute approximate surface area is 137 Å². The van der Waals surface area contributed by atoms with Crippen molar-refractivity contribution >= 4 is 17.5 Å². The zero-order chi connectivity index (χ0) is 16.0. The normalized spacial score (nSPS) is 29.1. The maximum Gasteiger partial charge on any atom is 0.230 e. The maximum atomic E-state index is 12.7. The summed E-state index contributed by atoms with van der Waals surface area (Å²) in [6.07, 6.45) is 3.67. The number of carbonyl (C=O) groups excluding carboxylic acids is 2. The van der Waals surface area contributed by atoms with E-state index < -0.39 is 0 Å². The summed E-state index contributed by atoms with van der Waals surface area (Å²) in [7, 11) is 0. The fraction of sp³-hybridized carbons (Fsp3) is 0.579. The first kappa shape index (κ1) is 14.7. The molecule has 2 aliphatic heterocycles. The molecule has 3 aliphatic rings. The predicted octanol–water partition coefficient (Wildman–Crippen LogP) is 2.79. The van der Waals surface area contributed by atoms with Gasteiger partial charge in [-0.2, -0.15) is 0 Å². The van der Waals surface area contributed by atoms with Crippen molar-refractivity contribution in [3.05, 3.63) is 29.8 Å². The molecule has 4 nitrogen and oxygen atoms in total. The summed E-state index contributed by atoms with van der Waals surface area (Å²) in [5.74, 6) is 1.70. The van der Waals surface area contributed by atoms with Crippen LogP contribution in [0.4, 0.5) is 5.69 Å². The smallest absolute Gasteiger partial charge is 0.230 e. The molecule has 1 aromatic carbocycles. The molecular weight excluding hydrogens is 288 g/mol. The summed E-state index contributed by atoms with van der Waals surface area (Å²) in [5, 5.41) is 0. The molecule has 1 saturated carbocycles. The van der Waals surface area contributed by atoms with Gasteiger partial charge in [-0.3, -0.25) is 9.59 Å². The van der Waals surface area contributed by atoms with Crippen LogP contribution < -0.4 is 4.90 Å². The summed E-state index contributed by atoms with van der Waals surface area (Å²) >= 11 is 0. The molecular formula is C19H24N2O2. The van der Waals surface area contributed by atoms with Crippen molar-refractivity contribution in [1.29, 1.82) is 0 Å². The maximum absolute atomic E-state index is 12.7. The Morgan fingerprint density at radius 2 is 2.09 bits per heavy atom. The summed E-state index contributed by atoms with van der Waals surface area (Å²) in [4.78, 5) is 28.5. The zero-order valence-electron chi connectivity index (χ0n) is 13.7. The fourth-order valence-electron chi connectivity index (χ4n) is 4.07. The third kappa shape index (κ3) is 2.64. The molecule has 2 heterocycles. The van der Waals surface area contributed by atoms with Gasteiger partial charge in [0.1, 0.15) is 0 Å². The minimum absolute atomic E-state index is 0.224. The van der Waals surface area contributed by atoms with E-state index in [-0.39, 0.29) is 11.8 Å². The highest BCUT2D eigenvalue weighted by Crippen LogP contribution is 2.44. The molecule has 122 valence electrons. The van der Waals surface area contributed by atoms with Gasteiger partial charge in [-0.05, 0) is 36.8 Å². The van der Waals surface area contributed by atoms with E-state index in [4.69, 9.17) is 0 Å². The number of benzene rings is 1. The van der Waals surface area contributed by atoms with Crippen molar-refractivity contribution in [3.63, 3.8) is 0 Å². The molecule has 1 aromatic rings. The van der Waals surface area contributed by atoms with Gasteiger partial charge in [0.2, 0.25) is 11.8 Å². The number of fused-ring (bicyclic) bond motifs is 1. The Morgan fingerprint density at radius 1 is 1.30 bits per heavy atom.